The SMILES string of the molecule is CCn1c(SCC(=O)Nc2scc(-c3ccc(OC)cc3)c2C(=O)OC)nnc1-c1csc(C(C)C)c1. The van der Waals surface area contributed by atoms with Crippen LogP contribution in [0, 0.1) is 0 Å². The number of anilines is 1. The van der Waals surface area contributed by atoms with E-state index in [-0.39, 0.29) is 11.7 Å². The van der Waals surface area contributed by atoms with Crippen molar-refractivity contribution < 1.29 is 19.1 Å². The number of nitrogens with one attached hydrogen (secondary N) is 1. The second kappa shape index (κ2) is 11.9. The molecule has 0 saturated carbocycles. The van der Waals surface area contributed by atoms with E-state index < -0.39 is 5.97 Å². The van der Waals surface area contributed by atoms with Gasteiger partial charge in [0, 0.05) is 33.3 Å². The van der Waals surface area contributed by atoms with E-state index in [0.717, 1.165) is 17.0 Å². The van der Waals surface area contributed by atoms with Crippen molar-refractivity contribution in [3.63, 3.8) is 0 Å². The molecule has 194 valence electrons. The minimum Gasteiger partial charge on any atom is -0.497 e. The second-order valence-electron chi connectivity index (χ2n) is 8.35. The third kappa shape index (κ3) is 5.89. The molecular weight excluding hydrogens is 529 g/mol. The van der Waals surface area contributed by atoms with Gasteiger partial charge in [-0.25, -0.2) is 4.79 Å². The number of amides is 1. The normalized spacial score (nSPS) is 11.1. The van der Waals surface area contributed by atoms with Gasteiger partial charge >= 0.3 is 5.97 Å². The van der Waals surface area contributed by atoms with E-state index in [1.807, 2.05) is 41.1 Å². The van der Waals surface area contributed by atoms with Crippen molar-refractivity contribution in [1.82, 2.24) is 14.8 Å². The molecule has 1 aromatic carbocycles. The maximum absolute atomic E-state index is 12.9. The Balaban J connectivity index is 1.49. The number of nitrogens with zero attached hydrogens (tertiary/aromatic N) is 3. The molecule has 0 saturated heterocycles. The molecule has 3 aromatic heterocycles. The maximum Gasteiger partial charge on any atom is 0.341 e. The summed E-state index contributed by atoms with van der Waals surface area (Å²) in [7, 11) is 2.92. The Morgan fingerprint density at radius 2 is 1.84 bits per heavy atom. The lowest BCUT2D eigenvalue weighted by Crippen LogP contribution is -2.16. The molecule has 0 atom stereocenters. The molecule has 0 radical (unpaired) electrons. The van der Waals surface area contributed by atoms with E-state index in [0.29, 0.717) is 39.5 Å². The van der Waals surface area contributed by atoms with E-state index in [1.54, 1.807) is 18.4 Å². The van der Waals surface area contributed by atoms with Crippen LogP contribution < -0.4 is 10.1 Å². The smallest absolute Gasteiger partial charge is 0.341 e. The van der Waals surface area contributed by atoms with Crippen LogP contribution in [0.1, 0.15) is 41.9 Å². The van der Waals surface area contributed by atoms with Crippen LogP contribution in [0.15, 0.2) is 46.2 Å². The van der Waals surface area contributed by atoms with Gasteiger partial charge in [-0.1, -0.05) is 37.7 Å². The number of aromatic nitrogens is 3. The zero-order valence-corrected chi connectivity index (χ0v) is 23.7. The first-order chi connectivity index (χ1) is 17.9. The number of ether oxygens (including phenoxy) is 2. The Morgan fingerprint density at radius 3 is 2.46 bits per heavy atom. The summed E-state index contributed by atoms with van der Waals surface area (Å²) in [5.41, 5.74) is 2.87. The maximum atomic E-state index is 12.9. The Hall–Kier alpha value is -3.15. The molecule has 11 heteroatoms. The molecule has 0 unspecified atom stereocenters. The number of carbonyl (C=O) groups excluding carboxylic acids is 2. The van der Waals surface area contributed by atoms with Crippen LogP contribution in [0.25, 0.3) is 22.5 Å². The number of benzene rings is 1. The molecule has 0 fully saturated rings. The molecule has 0 aliphatic rings. The molecule has 3 heterocycles. The number of esters is 1. The standard InChI is InChI=1S/C26H28N4O4S3/c1-6-30-23(17-11-20(15(2)3)35-12-17)28-29-26(30)37-14-21(31)27-24-22(25(32)34-5)19(13-36-24)16-7-9-18(33-4)10-8-16/h7-13,15H,6,14H2,1-5H3,(H,27,31). The van der Waals surface area contributed by atoms with Crippen LogP contribution in [-0.2, 0) is 16.1 Å². The van der Waals surface area contributed by atoms with Crippen LogP contribution in [0.5, 0.6) is 5.75 Å². The van der Waals surface area contributed by atoms with Crippen molar-refractivity contribution in [1.29, 1.82) is 0 Å². The fourth-order valence-electron chi connectivity index (χ4n) is 3.70. The highest BCUT2D eigenvalue weighted by molar-refractivity contribution is 7.99. The van der Waals surface area contributed by atoms with Crippen LogP contribution in [0.2, 0.25) is 0 Å². The number of rotatable bonds is 10. The molecule has 37 heavy (non-hydrogen) atoms. The highest BCUT2D eigenvalue weighted by Crippen LogP contribution is 2.37. The zero-order chi connectivity index (χ0) is 26.5. The molecule has 4 rings (SSSR count). The first kappa shape index (κ1) is 26.9. The molecule has 0 spiro atoms. The van der Waals surface area contributed by atoms with Crippen molar-refractivity contribution in [2.24, 2.45) is 0 Å². The van der Waals surface area contributed by atoms with Gasteiger partial charge in [-0.15, -0.1) is 32.9 Å². The lowest BCUT2D eigenvalue weighted by molar-refractivity contribution is -0.113. The zero-order valence-electron chi connectivity index (χ0n) is 21.2. The third-order valence-electron chi connectivity index (χ3n) is 5.65. The highest BCUT2D eigenvalue weighted by atomic mass is 32.2. The van der Waals surface area contributed by atoms with Gasteiger partial charge in [-0.05, 0) is 36.6 Å². The molecule has 1 amide bonds. The van der Waals surface area contributed by atoms with Gasteiger partial charge in [0.25, 0.3) is 0 Å². The third-order valence-corrected chi connectivity index (χ3v) is 8.74. The van der Waals surface area contributed by atoms with Gasteiger partial charge in [0.05, 0.1) is 20.0 Å². The quantitative estimate of drug-likeness (QED) is 0.178. The molecule has 1 N–H and O–H groups in total. The predicted octanol–water partition coefficient (Wildman–Crippen LogP) is 6.40. The monoisotopic (exact) mass is 556 g/mol. The van der Waals surface area contributed by atoms with E-state index >= 15 is 0 Å². The number of hydrogen-bond donors (Lipinski definition) is 1. The van der Waals surface area contributed by atoms with Crippen LogP contribution >= 0.6 is 34.4 Å². The van der Waals surface area contributed by atoms with E-state index in [2.05, 4.69) is 40.8 Å². The average Bonchev–Trinajstić information content (AvgIpc) is 3.65. The molecule has 0 aliphatic carbocycles. The lowest BCUT2D eigenvalue weighted by atomic mass is 10.0. The Kier molecular flexibility index (Phi) is 8.67. The van der Waals surface area contributed by atoms with Crippen LogP contribution in [-0.4, -0.2) is 46.6 Å². The highest BCUT2D eigenvalue weighted by Gasteiger charge is 2.23. The summed E-state index contributed by atoms with van der Waals surface area (Å²) >= 11 is 4.31. The van der Waals surface area contributed by atoms with Gasteiger partial charge in [-0.3, -0.25) is 4.79 Å². The molecule has 8 nitrogen and oxygen atoms in total. The van der Waals surface area contributed by atoms with Crippen molar-refractivity contribution in [2.75, 3.05) is 25.3 Å². The Bertz CT molecular complexity index is 1390. The predicted molar refractivity (Wildman–Crippen MR) is 150 cm³/mol. The number of methoxy groups -OCH3 is 2. The largest absolute Gasteiger partial charge is 0.497 e. The molecular formula is C26H28N4O4S3. The summed E-state index contributed by atoms with van der Waals surface area (Å²) in [6, 6.07) is 9.52. The topological polar surface area (TPSA) is 95.3 Å². The summed E-state index contributed by atoms with van der Waals surface area (Å²) < 4.78 is 12.2. The molecule has 4 aromatic rings. The van der Waals surface area contributed by atoms with Gasteiger partial charge in [0.2, 0.25) is 5.91 Å². The molecule has 0 bridgehead atoms. The Labute approximate surface area is 228 Å². The summed E-state index contributed by atoms with van der Waals surface area (Å²) in [6.07, 6.45) is 0. The van der Waals surface area contributed by atoms with E-state index in [1.165, 1.54) is 35.1 Å². The summed E-state index contributed by atoms with van der Waals surface area (Å²) in [5.74, 6) is 1.32. The first-order valence-corrected chi connectivity index (χ1v) is 14.4. The average molecular weight is 557 g/mol. The number of hydrogen-bond acceptors (Lipinski definition) is 9. The van der Waals surface area contributed by atoms with Gasteiger partial charge in [0.15, 0.2) is 11.0 Å². The van der Waals surface area contributed by atoms with Crippen molar-refractivity contribution in [2.45, 2.75) is 38.4 Å². The van der Waals surface area contributed by atoms with E-state index in [4.69, 9.17) is 9.47 Å². The minimum atomic E-state index is -0.512. The lowest BCUT2D eigenvalue weighted by Gasteiger charge is -2.09. The minimum absolute atomic E-state index is 0.120. The molecule has 0 aliphatic heterocycles. The van der Waals surface area contributed by atoms with Gasteiger partial charge < -0.3 is 19.4 Å². The fourth-order valence-corrected chi connectivity index (χ4v) is 6.38. The van der Waals surface area contributed by atoms with Crippen molar-refractivity contribution >= 4 is 51.3 Å². The summed E-state index contributed by atoms with van der Waals surface area (Å²) in [4.78, 5) is 26.8. The van der Waals surface area contributed by atoms with Crippen LogP contribution in [0.4, 0.5) is 5.00 Å². The van der Waals surface area contributed by atoms with E-state index in [9.17, 15) is 9.59 Å². The number of thioether (sulfide) groups is 1. The Morgan fingerprint density at radius 1 is 1.08 bits per heavy atom. The number of carbonyl (C=O) groups is 2. The van der Waals surface area contributed by atoms with Gasteiger partial charge in [0.1, 0.15) is 16.3 Å². The second-order valence-corrected chi connectivity index (χ2v) is 11.1. The van der Waals surface area contributed by atoms with Gasteiger partial charge in [-0.2, -0.15) is 0 Å². The first-order valence-electron chi connectivity index (χ1n) is 11.6. The van der Waals surface area contributed by atoms with Crippen molar-refractivity contribution in [3.05, 3.63) is 51.5 Å². The fraction of sp³-hybridized carbons (Fsp3) is 0.308. The number of thiophene rings is 2. The summed E-state index contributed by atoms with van der Waals surface area (Å²) in [5, 5.41) is 16.6. The van der Waals surface area contributed by atoms with Crippen molar-refractivity contribution in [3.8, 4) is 28.3 Å². The van der Waals surface area contributed by atoms with Crippen LogP contribution in [0.3, 0.4) is 0 Å². The summed E-state index contributed by atoms with van der Waals surface area (Å²) in [6.45, 7) is 7.04.